The lowest BCUT2D eigenvalue weighted by Gasteiger charge is -1.98. The number of carboxylic acids is 2. The molecule has 0 aromatic rings. The summed E-state index contributed by atoms with van der Waals surface area (Å²) in [7, 11) is 0. The lowest BCUT2D eigenvalue weighted by Crippen LogP contribution is -2.21. The second-order valence-electron chi connectivity index (χ2n) is 3.37. The van der Waals surface area contributed by atoms with Gasteiger partial charge < -0.3 is 15.3 Å². The standard InChI is InChI=1S/C5H8O4.C5H6O4/c2*1-3(6)2-4(7)5(8)9/h4,7H,2H2,1H3,(H,8,9);2H2,1H3,(H,8,9). The average molecular weight is 262 g/mol. The van der Waals surface area contributed by atoms with Gasteiger partial charge in [0.25, 0.3) is 0 Å². The van der Waals surface area contributed by atoms with Gasteiger partial charge in [0.1, 0.15) is 11.6 Å². The number of carbonyl (C=O) groups is 5. The minimum atomic E-state index is -1.55. The van der Waals surface area contributed by atoms with Gasteiger partial charge in [-0.25, -0.2) is 9.59 Å². The molecule has 8 nitrogen and oxygen atoms in total. The summed E-state index contributed by atoms with van der Waals surface area (Å²) in [5, 5.41) is 24.4. The summed E-state index contributed by atoms with van der Waals surface area (Å²) in [6.45, 7) is 2.40. The van der Waals surface area contributed by atoms with Crippen molar-refractivity contribution in [2.75, 3.05) is 0 Å². The Balaban J connectivity index is 0. The molecule has 1 unspecified atom stereocenters. The van der Waals surface area contributed by atoms with Crippen molar-refractivity contribution < 1.29 is 39.3 Å². The Labute approximate surface area is 102 Å². The van der Waals surface area contributed by atoms with E-state index in [1.807, 2.05) is 0 Å². The monoisotopic (exact) mass is 262 g/mol. The normalized spacial score (nSPS) is 10.6. The Bertz CT molecular complexity index is 357. The van der Waals surface area contributed by atoms with E-state index in [1.165, 1.54) is 13.8 Å². The van der Waals surface area contributed by atoms with Crippen LogP contribution in [0.4, 0.5) is 0 Å². The molecular weight excluding hydrogens is 248 g/mol. The van der Waals surface area contributed by atoms with Gasteiger partial charge in [-0.2, -0.15) is 0 Å². The molecule has 102 valence electrons. The summed E-state index contributed by atoms with van der Waals surface area (Å²) >= 11 is 0. The lowest BCUT2D eigenvalue weighted by atomic mass is 10.2. The second-order valence-corrected chi connectivity index (χ2v) is 3.37. The van der Waals surface area contributed by atoms with Crippen LogP contribution in [0, 0.1) is 0 Å². The third-order valence-corrected chi connectivity index (χ3v) is 1.41. The first-order chi connectivity index (χ1) is 8.07. The lowest BCUT2D eigenvalue weighted by molar-refractivity contribution is -0.150. The highest BCUT2D eigenvalue weighted by Crippen LogP contribution is 1.91. The summed E-state index contributed by atoms with van der Waals surface area (Å²) in [4.78, 5) is 49.9. The van der Waals surface area contributed by atoms with Gasteiger partial charge in [-0.1, -0.05) is 0 Å². The van der Waals surface area contributed by atoms with E-state index in [1.54, 1.807) is 0 Å². The van der Waals surface area contributed by atoms with Crippen molar-refractivity contribution in [3.05, 3.63) is 0 Å². The maximum absolute atomic E-state index is 10.1. The molecule has 1 atom stereocenters. The average Bonchev–Trinajstić information content (AvgIpc) is 2.16. The Morgan fingerprint density at radius 3 is 1.50 bits per heavy atom. The van der Waals surface area contributed by atoms with Crippen molar-refractivity contribution >= 4 is 29.3 Å². The van der Waals surface area contributed by atoms with Crippen molar-refractivity contribution in [2.45, 2.75) is 32.8 Å². The van der Waals surface area contributed by atoms with Crippen LogP contribution in [0.3, 0.4) is 0 Å². The molecule has 0 aliphatic rings. The number of Topliss-reactive ketones (excluding diaryl/α,β-unsaturated/α-hetero) is 3. The zero-order valence-corrected chi connectivity index (χ0v) is 9.87. The molecule has 0 heterocycles. The van der Waals surface area contributed by atoms with Crippen molar-refractivity contribution in [1.82, 2.24) is 0 Å². The zero-order chi connectivity index (χ0) is 14.9. The van der Waals surface area contributed by atoms with Gasteiger partial charge in [-0.05, 0) is 13.8 Å². The molecule has 0 aromatic heterocycles. The fraction of sp³-hybridized carbons (Fsp3) is 0.500. The molecule has 0 bridgehead atoms. The maximum atomic E-state index is 10.1. The zero-order valence-electron chi connectivity index (χ0n) is 9.87. The van der Waals surface area contributed by atoms with Crippen LogP contribution in [0.25, 0.3) is 0 Å². The first-order valence-corrected chi connectivity index (χ1v) is 4.73. The highest BCUT2D eigenvalue weighted by Gasteiger charge is 2.14. The molecule has 0 aliphatic carbocycles. The number of hydrogen-bond donors (Lipinski definition) is 3. The van der Waals surface area contributed by atoms with E-state index in [2.05, 4.69) is 0 Å². The van der Waals surface area contributed by atoms with Gasteiger partial charge in [0.2, 0.25) is 5.78 Å². The summed E-state index contributed by atoms with van der Waals surface area (Å²) in [5.41, 5.74) is 0. The van der Waals surface area contributed by atoms with E-state index < -0.39 is 36.0 Å². The number of hydrogen-bond acceptors (Lipinski definition) is 6. The number of ketones is 3. The third-order valence-electron chi connectivity index (χ3n) is 1.41. The molecule has 0 rings (SSSR count). The van der Waals surface area contributed by atoms with Crippen LogP contribution in [0.1, 0.15) is 26.7 Å². The predicted octanol–water partition coefficient (Wildman–Crippen LogP) is -0.970. The van der Waals surface area contributed by atoms with Gasteiger partial charge >= 0.3 is 11.9 Å². The number of aliphatic carboxylic acids is 2. The number of carboxylic acid groups (broad SMARTS) is 2. The maximum Gasteiger partial charge on any atom is 0.372 e. The molecule has 0 amide bonds. The summed E-state index contributed by atoms with van der Waals surface area (Å²) < 4.78 is 0. The van der Waals surface area contributed by atoms with Crippen LogP contribution in [0.5, 0.6) is 0 Å². The highest BCUT2D eigenvalue weighted by molar-refractivity contribution is 6.36. The molecule has 3 N–H and O–H groups in total. The fourth-order valence-corrected chi connectivity index (χ4v) is 0.661. The summed E-state index contributed by atoms with van der Waals surface area (Å²) in [6, 6.07) is 0. The number of aliphatic hydroxyl groups is 1. The Morgan fingerprint density at radius 1 is 0.944 bits per heavy atom. The Morgan fingerprint density at radius 2 is 1.39 bits per heavy atom. The first-order valence-electron chi connectivity index (χ1n) is 4.73. The van der Waals surface area contributed by atoms with Crippen molar-refractivity contribution in [3.63, 3.8) is 0 Å². The van der Waals surface area contributed by atoms with Crippen LogP contribution in [-0.4, -0.2) is 50.7 Å². The molecule has 18 heavy (non-hydrogen) atoms. The fourth-order valence-electron chi connectivity index (χ4n) is 0.661. The van der Waals surface area contributed by atoms with Gasteiger partial charge in [-0.3, -0.25) is 14.4 Å². The SMILES string of the molecule is CC(=O)CC(=O)C(=O)O.CC(=O)CC(O)C(=O)O. The third kappa shape index (κ3) is 12.0. The van der Waals surface area contributed by atoms with Crippen LogP contribution in [0.15, 0.2) is 0 Å². The first kappa shape index (κ1) is 18.3. The molecule has 0 radical (unpaired) electrons. The number of rotatable bonds is 6. The Hall–Kier alpha value is -2.09. The van der Waals surface area contributed by atoms with Gasteiger partial charge in [0.15, 0.2) is 6.10 Å². The topological polar surface area (TPSA) is 146 Å². The smallest absolute Gasteiger partial charge is 0.372 e. The van der Waals surface area contributed by atoms with E-state index in [4.69, 9.17) is 15.3 Å². The molecule has 0 fully saturated rings. The van der Waals surface area contributed by atoms with Gasteiger partial charge in [-0.15, -0.1) is 0 Å². The summed E-state index contributed by atoms with van der Waals surface area (Å²) in [6.07, 6.45) is -2.35. The van der Waals surface area contributed by atoms with Crippen molar-refractivity contribution in [1.29, 1.82) is 0 Å². The molecule has 0 saturated heterocycles. The predicted molar refractivity (Wildman–Crippen MR) is 56.9 cm³/mol. The van der Waals surface area contributed by atoms with Crippen molar-refractivity contribution in [2.24, 2.45) is 0 Å². The number of carbonyl (C=O) groups excluding carboxylic acids is 3. The van der Waals surface area contributed by atoms with Crippen LogP contribution >= 0.6 is 0 Å². The van der Waals surface area contributed by atoms with E-state index in [0.717, 1.165) is 0 Å². The number of aliphatic hydroxyl groups excluding tert-OH is 1. The van der Waals surface area contributed by atoms with Crippen LogP contribution in [-0.2, 0) is 24.0 Å². The molecule has 0 spiro atoms. The van der Waals surface area contributed by atoms with Crippen LogP contribution < -0.4 is 0 Å². The minimum Gasteiger partial charge on any atom is -0.479 e. The minimum absolute atomic E-state index is 0.310. The second kappa shape index (κ2) is 8.99. The largest absolute Gasteiger partial charge is 0.479 e. The quantitative estimate of drug-likeness (QED) is 0.409. The Kier molecular flexibility index (Phi) is 9.13. The van der Waals surface area contributed by atoms with Crippen LogP contribution in [0.2, 0.25) is 0 Å². The van der Waals surface area contributed by atoms with E-state index in [9.17, 15) is 24.0 Å². The summed E-state index contributed by atoms with van der Waals surface area (Å²) in [5.74, 6) is -4.72. The molecular formula is C10H14O8. The van der Waals surface area contributed by atoms with Crippen molar-refractivity contribution in [3.8, 4) is 0 Å². The van der Waals surface area contributed by atoms with E-state index in [0.29, 0.717) is 0 Å². The molecule has 0 saturated carbocycles. The molecule has 8 heteroatoms. The van der Waals surface area contributed by atoms with Gasteiger partial charge in [0, 0.05) is 6.42 Å². The molecule has 0 aliphatic heterocycles. The van der Waals surface area contributed by atoms with E-state index >= 15 is 0 Å². The highest BCUT2D eigenvalue weighted by atomic mass is 16.4. The van der Waals surface area contributed by atoms with Gasteiger partial charge in [0.05, 0.1) is 6.42 Å². The molecule has 0 aromatic carbocycles. The van der Waals surface area contributed by atoms with E-state index in [-0.39, 0.29) is 12.2 Å².